The molecule has 95 heavy (non-hydrogen) atoms. The molecule has 1 aliphatic heterocycles. The summed E-state index contributed by atoms with van der Waals surface area (Å²) in [4.78, 5) is 126. The van der Waals surface area contributed by atoms with Crippen molar-refractivity contribution in [3.8, 4) is 0 Å². The molecule has 1 saturated heterocycles. The molecule has 3 aromatic carbocycles. The van der Waals surface area contributed by atoms with Crippen LogP contribution in [-0.4, -0.2) is 170 Å². The maximum Gasteiger partial charge on any atom is 0.408 e. The maximum atomic E-state index is 15.4. The molecule has 0 radical (unpaired) electrons. The summed E-state index contributed by atoms with van der Waals surface area (Å²) in [5.74, 6) is -3.82. The van der Waals surface area contributed by atoms with Crippen molar-refractivity contribution in [3.63, 3.8) is 0 Å². The monoisotopic (exact) mass is 1340 g/mol. The largest absolute Gasteiger partial charge is 0.454 e. The Morgan fingerprint density at radius 3 is 0.916 bits per heavy atom. The van der Waals surface area contributed by atoms with E-state index in [-0.39, 0.29) is 26.1 Å². The van der Waals surface area contributed by atoms with E-state index in [1.54, 1.807) is 125 Å². The van der Waals surface area contributed by atoms with Crippen LogP contribution in [0.2, 0.25) is 0 Å². The highest BCUT2D eigenvalue weighted by Gasteiger charge is 2.55. The fourth-order valence-corrected chi connectivity index (χ4v) is 9.22. The van der Waals surface area contributed by atoms with Crippen LogP contribution in [0.25, 0.3) is 0 Å². The molecule has 6 N–H and O–H groups in total. The van der Waals surface area contributed by atoms with Crippen molar-refractivity contribution in [1.82, 2.24) is 31.9 Å². The van der Waals surface area contributed by atoms with Gasteiger partial charge in [0.05, 0.1) is 6.61 Å². The average Bonchev–Trinajstić information content (AvgIpc) is 0.759. The Balaban J connectivity index is 2.07. The normalized spacial score (nSPS) is 17.9. The van der Waals surface area contributed by atoms with Gasteiger partial charge in [0.25, 0.3) is 0 Å². The van der Waals surface area contributed by atoms with E-state index in [4.69, 9.17) is 56.8 Å². The number of ether oxygens (including phenoxy) is 12. The van der Waals surface area contributed by atoms with E-state index in [0.29, 0.717) is 16.7 Å². The third-order valence-corrected chi connectivity index (χ3v) is 12.8. The Labute approximate surface area is 557 Å². The van der Waals surface area contributed by atoms with Gasteiger partial charge in [0.1, 0.15) is 63.4 Å². The molecule has 528 valence electrons. The first-order valence-electron chi connectivity index (χ1n) is 31.5. The maximum absolute atomic E-state index is 15.4. The summed E-state index contributed by atoms with van der Waals surface area (Å²) in [7, 11) is 1.17. The summed E-state index contributed by atoms with van der Waals surface area (Å²) in [5.41, 5.74) is -5.79. The van der Waals surface area contributed by atoms with Crippen LogP contribution < -0.4 is 31.9 Å². The standard InChI is InChI=1S/C68H100N6O21/c1-62(2,3)90-56(78)69-38-35-45(72-59(81)93-65(10,11)12)52(75)87-49-48(41-85-68(42-29-23-20-24-30-42,43-31-25-21-26-32-43)44-33-27-22-28-34-44)86-55(84-19)51(89-54(77)47(74-61(83)95-67(16,17)18)37-40-71-58(80)92-64(7,8)9)50(49)88-53(76)46(73-60(82)94-66(13,14)15)36-39-70-57(79)91-63(4,5)6/h20-34,45-51,55H,35-41H2,1-19H3,(H,69,78)(H,70,79)(H,71,80)(H,72,81)(H,73,82)(H,74,83)/t45-,46-,47-,48+,49-,50-,51+,55-/m0/s1. The lowest BCUT2D eigenvalue weighted by Gasteiger charge is -2.46. The minimum atomic E-state index is -2.12. The molecular formula is C68H100N6O21. The first-order valence-corrected chi connectivity index (χ1v) is 31.5. The number of esters is 3. The second-order valence-corrected chi connectivity index (χ2v) is 28.3. The Bertz CT molecular complexity index is 2910. The van der Waals surface area contributed by atoms with Crippen LogP contribution in [0.1, 0.15) is 161 Å². The Morgan fingerprint density at radius 1 is 0.379 bits per heavy atom. The van der Waals surface area contributed by atoms with Gasteiger partial charge in [0.2, 0.25) is 0 Å². The molecule has 27 nitrogen and oxygen atoms in total. The number of hydrogen-bond donors (Lipinski definition) is 6. The van der Waals surface area contributed by atoms with E-state index >= 15 is 14.4 Å². The smallest absolute Gasteiger partial charge is 0.408 e. The van der Waals surface area contributed by atoms with Gasteiger partial charge in [-0.15, -0.1) is 0 Å². The molecule has 8 atom stereocenters. The molecule has 0 aliphatic carbocycles. The van der Waals surface area contributed by atoms with Crippen molar-refractivity contribution in [2.75, 3.05) is 33.4 Å². The SMILES string of the molecule is CO[C@H]1O[C@H](COC(c2ccccc2)(c2ccccc2)c2ccccc2)[C@H](OC(=O)[C@H](CCNC(=O)OC(C)(C)C)NC(=O)OC(C)(C)C)[C@H](OC(=O)[C@H](CCNC(=O)OC(C)(C)C)NC(=O)OC(C)(C)C)[C@H]1OC(=O)[C@H](CCNC(=O)OC(C)(C)C)NC(=O)OC(C)(C)C. The fraction of sp³-hybridized carbons (Fsp3) is 0.603. The predicted octanol–water partition coefficient (Wildman–Crippen LogP) is 9.53. The first kappa shape index (κ1) is 79.0. The lowest BCUT2D eigenvalue weighted by molar-refractivity contribution is -0.307. The molecule has 6 amide bonds. The molecule has 1 aliphatic rings. The molecule has 0 spiro atoms. The molecule has 1 fully saturated rings. The van der Waals surface area contributed by atoms with Crippen LogP contribution in [0.3, 0.4) is 0 Å². The Hall–Kier alpha value is -8.43. The predicted molar refractivity (Wildman–Crippen MR) is 347 cm³/mol. The zero-order valence-electron chi connectivity index (χ0n) is 58.3. The minimum Gasteiger partial charge on any atom is -0.454 e. The third kappa shape index (κ3) is 28.2. The molecule has 0 bridgehead atoms. The number of benzene rings is 3. The van der Waals surface area contributed by atoms with E-state index in [0.717, 1.165) is 0 Å². The van der Waals surface area contributed by atoms with Gasteiger partial charge in [0.15, 0.2) is 24.6 Å². The number of amides is 6. The van der Waals surface area contributed by atoms with Crippen LogP contribution in [-0.2, 0) is 76.8 Å². The van der Waals surface area contributed by atoms with Crippen molar-refractivity contribution in [2.45, 2.75) is 232 Å². The molecule has 0 saturated carbocycles. The number of carbonyl (C=O) groups excluding carboxylic acids is 9. The van der Waals surface area contributed by atoms with Gasteiger partial charge in [-0.1, -0.05) is 91.0 Å². The van der Waals surface area contributed by atoms with Gasteiger partial charge < -0.3 is 88.7 Å². The van der Waals surface area contributed by atoms with Crippen molar-refractivity contribution >= 4 is 54.5 Å². The summed E-state index contributed by atoms with van der Waals surface area (Å²) in [5, 5.41) is 15.2. The van der Waals surface area contributed by atoms with Crippen LogP contribution in [0.5, 0.6) is 0 Å². The average molecular weight is 1340 g/mol. The second-order valence-electron chi connectivity index (χ2n) is 28.3. The number of nitrogens with one attached hydrogen (secondary N) is 6. The van der Waals surface area contributed by atoms with Crippen LogP contribution >= 0.6 is 0 Å². The summed E-state index contributed by atoms with van der Waals surface area (Å²) in [6, 6.07) is 22.3. The quantitative estimate of drug-likeness (QED) is 0.0261. The van der Waals surface area contributed by atoms with Gasteiger partial charge in [-0.2, -0.15) is 0 Å². The van der Waals surface area contributed by atoms with Gasteiger partial charge in [0, 0.05) is 26.7 Å². The first-order chi connectivity index (χ1) is 44.0. The topological polar surface area (TPSA) is 337 Å². The molecule has 27 heteroatoms. The molecule has 1 heterocycles. The van der Waals surface area contributed by atoms with E-state index in [1.165, 1.54) is 7.11 Å². The highest BCUT2D eigenvalue weighted by Crippen LogP contribution is 2.42. The van der Waals surface area contributed by atoms with E-state index < -0.39 is 162 Å². The molecule has 3 aromatic rings. The number of methoxy groups -OCH3 is 1. The summed E-state index contributed by atoms with van der Waals surface area (Å²) in [6.45, 7) is 27.5. The highest BCUT2D eigenvalue weighted by atomic mass is 16.7. The van der Waals surface area contributed by atoms with Gasteiger partial charge >= 0.3 is 54.5 Å². The molecule has 4 rings (SSSR count). The Kier molecular flexibility index (Phi) is 28.5. The van der Waals surface area contributed by atoms with Crippen molar-refractivity contribution in [3.05, 3.63) is 108 Å². The van der Waals surface area contributed by atoms with Gasteiger partial charge in [-0.05, 0) is 161 Å². The molecular weight excluding hydrogens is 1240 g/mol. The zero-order valence-corrected chi connectivity index (χ0v) is 58.3. The fourth-order valence-electron chi connectivity index (χ4n) is 9.22. The lowest BCUT2D eigenvalue weighted by Crippen LogP contribution is -2.65. The van der Waals surface area contributed by atoms with Crippen molar-refractivity contribution in [1.29, 1.82) is 0 Å². The van der Waals surface area contributed by atoms with Crippen molar-refractivity contribution in [2.24, 2.45) is 0 Å². The number of alkyl carbamates (subject to hydrolysis) is 6. The number of hydrogen-bond acceptors (Lipinski definition) is 21. The number of rotatable bonds is 25. The highest BCUT2D eigenvalue weighted by molar-refractivity contribution is 5.84. The van der Waals surface area contributed by atoms with Crippen LogP contribution in [0.4, 0.5) is 28.8 Å². The summed E-state index contributed by atoms with van der Waals surface area (Å²) in [6.07, 6.45) is -16.7. The van der Waals surface area contributed by atoms with Crippen molar-refractivity contribution < 1.29 is 100.0 Å². The summed E-state index contributed by atoms with van der Waals surface area (Å²) < 4.78 is 72.2. The van der Waals surface area contributed by atoms with E-state index in [2.05, 4.69) is 31.9 Å². The minimum absolute atomic E-state index is 0.312. The molecule has 0 aromatic heterocycles. The summed E-state index contributed by atoms with van der Waals surface area (Å²) >= 11 is 0. The van der Waals surface area contributed by atoms with Crippen LogP contribution in [0, 0.1) is 0 Å². The zero-order chi connectivity index (χ0) is 71.3. The number of carbonyl (C=O) groups is 9. The van der Waals surface area contributed by atoms with E-state index in [1.807, 2.05) is 91.0 Å². The molecule has 0 unspecified atom stereocenters. The lowest BCUT2D eigenvalue weighted by atomic mass is 9.80. The second kappa shape index (κ2) is 34.3. The van der Waals surface area contributed by atoms with Gasteiger partial charge in [-0.3, -0.25) is 0 Å². The third-order valence-electron chi connectivity index (χ3n) is 12.8. The van der Waals surface area contributed by atoms with Crippen LogP contribution in [0.15, 0.2) is 91.0 Å². The Morgan fingerprint density at radius 2 is 0.642 bits per heavy atom. The van der Waals surface area contributed by atoms with E-state index in [9.17, 15) is 28.8 Å². The van der Waals surface area contributed by atoms with Gasteiger partial charge in [-0.25, -0.2) is 43.2 Å².